The van der Waals surface area contributed by atoms with Gasteiger partial charge in [-0.25, -0.2) is 8.42 Å². The standard InChI is InChI=1S/C17H19ClN2O2S/c1-14-5-7-17(8-6-14)23(21,22)20-11-9-19(10-12-20)16-4-2-3-15(18)13-16/h2-8,13H,9-12H2,1H3/p+1. The third-order valence-corrected chi connectivity index (χ3v) is 6.37. The topological polar surface area (TPSA) is 41.8 Å². The Morgan fingerprint density at radius 3 is 2.30 bits per heavy atom. The van der Waals surface area contributed by atoms with Crippen molar-refractivity contribution in [2.24, 2.45) is 0 Å². The van der Waals surface area contributed by atoms with Crippen molar-refractivity contribution >= 4 is 27.3 Å². The predicted octanol–water partition coefficient (Wildman–Crippen LogP) is 1.87. The summed E-state index contributed by atoms with van der Waals surface area (Å²) in [4.78, 5) is 1.64. The number of halogens is 1. The van der Waals surface area contributed by atoms with Gasteiger partial charge in [-0.1, -0.05) is 35.4 Å². The molecule has 0 unspecified atom stereocenters. The van der Waals surface area contributed by atoms with Gasteiger partial charge < -0.3 is 4.90 Å². The first-order chi connectivity index (χ1) is 11.0. The molecule has 122 valence electrons. The van der Waals surface area contributed by atoms with Gasteiger partial charge in [0.25, 0.3) is 0 Å². The summed E-state index contributed by atoms with van der Waals surface area (Å²) in [6, 6.07) is 14.8. The fraction of sp³-hybridized carbons (Fsp3) is 0.294. The largest absolute Gasteiger partial charge is 0.300 e. The molecule has 0 atom stereocenters. The number of rotatable bonds is 3. The van der Waals surface area contributed by atoms with Gasteiger partial charge in [0.05, 0.1) is 31.1 Å². The number of hydrogen-bond acceptors (Lipinski definition) is 2. The molecule has 1 aliphatic heterocycles. The average Bonchev–Trinajstić information content (AvgIpc) is 2.55. The maximum atomic E-state index is 12.7. The second-order valence-corrected chi connectivity index (χ2v) is 8.21. The van der Waals surface area contributed by atoms with Gasteiger partial charge in [-0.05, 0) is 31.2 Å². The molecule has 0 radical (unpaired) electrons. The third-order valence-electron chi connectivity index (χ3n) is 4.22. The Kier molecular flexibility index (Phi) is 4.73. The fourth-order valence-electron chi connectivity index (χ4n) is 2.85. The average molecular weight is 352 g/mol. The highest BCUT2D eigenvalue weighted by molar-refractivity contribution is 7.89. The number of nitrogens with one attached hydrogen (secondary N) is 1. The van der Waals surface area contributed by atoms with Crippen molar-refractivity contribution in [1.82, 2.24) is 4.31 Å². The van der Waals surface area contributed by atoms with E-state index in [4.69, 9.17) is 11.6 Å². The Balaban J connectivity index is 1.72. The lowest BCUT2D eigenvalue weighted by molar-refractivity contribution is -0.837. The molecule has 1 N–H and O–H groups in total. The number of sulfonamides is 1. The molecule has 0 amide bonds. The van der Waals surface area contributed by atoms with Crippen LogP contribution in [0.4, 0.5) is 5.69 Å². The van der Waals surface area contributed by atoms with Crippen LogP contribution in [0, 0.1) is 6.92 Å². The van der Waals surface area contributed by atoms with E-state index in [0.717, 1.165) is 24.3 Å². The first-order valence-corrected chi connectivity index (χ1v) is 9.46. The number of hydrogen-bond donors (Lipinski definition) is 1. The molecule has 0 bridgehead atoms. The Labute approximate surface area is 142 Å². The van der Waals surface area contributed by atoms with E-state index in [2.05, 4.69) is 0 Å². The van der Waals surface area contributed by atoms with Crippen LogP contribution in [0.15, 0.2) is 53.4 Å². The third kappa shape index (κ3) is 3.58. The van der Waals surface area contributed by atoms with Gasteiger partial charge in [-0.2, -0.15) is 4.31 Å². The molecular weight excluding hydrogens is 332 g/mol. The van der Waals surface area contributed by atoms with Gasteiger partial charge >= 0.3 is 0 Å². The number of benzene rings is 2. The van der Waals surface area contributed by atoms with Crippen molar-refractivity contribution in [1.29, 1.82) is 0 Å². The van der Waals surface area contributed by atoms with Crippen molar-refractivity contribution < 1.29 is 13.3 Å². The van der Waals surface area contributed by atoms with Gasteiger partial charge in [0.2, 0.25) is 10.0 Å². The molecule has 2 aromatic carbocycles. The highest BCUT2D eigenvalue weighted by Gasteiger charge is 2.31. The molecule has 1 fully saturated rings. The molecule has 0 aromatic heterocycles. The smallest absolute Gasteiger partial charge is 0.243 e. The summed E-state index contributed by atoms with van der Waals surface area (Å²) >= 11 is 6.04. The fourth-order valence-corrected chi connectivity index (χ4v) is 4.48. The Morgan fingerprint density at radius 1 is 1.04 bits per heavy atom. The van der Waals surface area contributed by atoms with Crippen molar-refractivity contribution in [2.45, 2.75) is 11.8 Å². The Morgan fingerprint density at radius 2 is 1.70 bits per heavy atom. The Bertz CT molecular complexity index is 782. The highest BCUT2D eigenvalue weighted by Crippen LogP contribution is 2.17. The van der Waals surface area contributed by atoms with E-state index in [1.165, 1.54) is 4.90 Å². The molecule has 0 saturated carbocycles. The molecule has 1 heterocycles. The zero-order valence-electron chi connectivity index (χ0n) is 13.0. The maximum Gasteiger partial charge on any atom is 0.243 e. The van der Waals surface area contributed by atoms with Crippen molar-refractivity contribution in [3.05, 3.63) is 59.1 Å². The minimum Gasteiger partial charge on any atom is -0.300 e. The van der Waals surface area contributed by atoms with Gasteiger partial charge in [-0.15, -0.1) is 0 Å². The van der Waals surface area contributed by atoms with Gasteiger partial charge in [0.15, 0.2) is 0 Å². The van der Waals surface area contributed by atoms with Crippen LogP contribution in [0.3, 0.4) is 0 Å². The molecule has 4 nitrogen and oxygen atoms in total. The normalized spacial score (nSPS) is 17.3. The van der Waals surface area contributed by atoms with Crippen LogP contribution in [-0.4, -0.2) is 38.9 Å². The second kappa shape index (κ2) is 6.61. The van der Waals surface area contributed by atoms with Gasteiger partial charge in [0.1, 0.15) is 5.69 Å². The molecular formula is C17H20ClN2O2S+. The minimum atomic E-state index is -3.40. The summed E-state index contributed by atoms with van der Waals surface area (Å²) < 4.78 is 27.0. The molecule has 3 rings (SSSR count). The lowest BCUT2D eigenvalue weighted by atomic mass is 10.2. The van der Waals surface area contributed by atoms with E-state index < -0.39 is 10.0 Å². The highest BCUT2D eigenvalue weighted by atomic mass is 35.5. The number of quaternary nitrogens is 1. The number of nitrogens with zero attached hydrogens (tertiary/aromatic N) is 1. The van der Waals surface area contributed by atoms with Crippen LogP contribution < -0.4 is 4.90 Å². The molecule has 23 heavy (non-hydrogen) atoms. The first-order valence-electron chi connectivity index (χ1n) is 7.64. The SMILES string of the molecule is Cc1ccc(S(=O)(=O)N2CC[NH+](c3cccc(Cl)c3)CC2)cc1. The number of aryl methyl sites for hydroxylation is 1. The van der Waals surface area contributed by atoms with E-state index >= 15 is 0 Å². The molecule has 0 aliphatic carbocycles. The van der Waals surface area contributed by atoms with Crippen LogP contribution in [0.5, 0.6) is 0 Å². The summed E-state index contributed by atoms with van der Waals surface area (Å²) in [5.41, 5.74) is 2.17. The van der Waals surface area contributed by atoms with Crippen LogP contribution in [-0.2, 0) is 10.0 Å². The monoisotopic (exact) mass is 351 g/mol. The summed E-state index contributed by atoms with van der Waals surface area (Å²) in [7, 11) is -3.40. The van der Waals surface area contributed by atoms with Crippen molar-refractivity contribution in [2.75, 3.05) is 26.2 Å². The van der Waals surface area contributed by atoms with Crippen LogP contribution in [0.25, 0.3) is 0 Å². The summed E-state index contributed by atoms with van der Waals surface area (Å²) in [5, 5.41) is 0.713. The van der Waals surface area contributed by atoms with E-state index in [1.807, 2.05) is 43.3 Å². The van der Waals surface area contributed by atoms with Gasteiger partial charge in [-0.3, -0.25) is 0 Å². The molecule has 0 spiro atoms. The Hall–Kier alpha value is -1.40. The second-order valence-electron chi connectivity index (χ2n) is 5.83. The minimum absolute atomic E-state index is 0.370. The van der Waals surface area contributed by atoms with Crippen LogP contribution in [0.2, 0.25) is 5.02 Å². The predicted molar refractivity (Wildman–Crippen MR) is 91.7 cm³/mol. The molecule has 1 saturated heterocycles. The maximum absolute atomic E-state index is 12.7. The van der Waals surface area contributed by atoms with E-state index in [9.17, 15) is 8.42 Å². The van der Waals surface area contributed by atoms with Crippen LogP contribution in [0.1, 0.15) is 5.56 Å². The molecule has 1 aliphatic rings. The zero-order valence-corrected chi connectivity index (χ0v) is 14.6. The summed E-state index contributed by atoms with van der Waals surface area (Å²) in [5.74, 6) is 0. The summed E-state index contributed by atoms with van der Waals surface area (Å²) in [6.45, 7) is 4.45. The van der Waals surface area contributed by atoms with Crippen LogP contribution >= 0.6 is 11.6 Å². The van der Waals surface area contributed by atoms with Crippen molar-refractivity contribution in [3.8, 4) is 0 Å². The van der Waals surface area contributed by atoms with E-state index in [-0.39, 0.29) is 0 Å². The van der Waals surface area contributed by atoms with Crippen molar-refractivity contribution in [3.63, 3.8) is 0 Å². The number of piperazine rings is 1. The van der Waals surface area contributed by atoms with E-state index in [1.54, 1.807) is 16.4 Å². The quantitative estimate of drug-likeness (QED) is 0.917. The van der Waals surface area contributed by atoms with E-state index in [0.29, 0.717) is 23.0 Å². The zero-order chi connectivity index (χ0) is 16.4. The first kappa shape index (κ1) is 16.5. The molecule has 6 heteroatoms. The molecule has 2 aromatic rings. The lowest BCUT2D eigenvalue weighted by Crippen LogP contribution is -3.10. The van der Waals surface area contributed by atoms with Gasteiger partial charge in [0, 0.05) is 11.1 Å². The lowest BCUT2D eigenvalue weighted by Gasteiger charge is -2.31. The summed E-state index contributed by atoms with van der Waals surface area (Å²) in [6.07, 6.45) is 0.